The van der Waals surface area contributed by atoms with Gasteiger partial charge in [0, 0.05) is 39.2 Å². The van der Waals surface area contributed by atoms with Crippen LogP contribution in [-0.2, 0) is 9.59 Å². The second kappa shape index (κ2) is 7.07. The quantitative estimate of drug-likeness (QED) is 0.840. The summed E-state index contributed by atoms with van der Waals surface area (Å²) < 4.78 is 0. The van der Waals surface area contributed by atoms with E-state index in [0.29, 0.717) is 13.0 Å². The molecule has 2 unspecified atom stereocenters. The Hall–Kier alpha value is -1.10. The van der Waals surface area contributed by atoms with E-state index < -0.39 is 0 Å². The van der Waals surface area contributed by atoms with Gasteiger partial charge >= 0.3 is 0 Å². The third-order valence-electron chi connectivity index (χ3n) is 4.59. The van der Waals surface area contributed by atoms with Crippen molar-refractivity contribution in [2.24, 2.45) is 5.92 Å². The number of likely N-dealkylation sites (tertiary alicyclic amines) is 2. The number of aliphatic hydroxyl groups excluding tert-OH is 1. The second-order valence-corrected chi connectivity index (χ2v) is 6.00. The molecule has 2 aliphatic heterocycles. The highest BCUT2D eigenvalue weighted by Gasteiger charge is 2.34. The number of aliphatic hydroxyl groups is 1. The fraction of sp³-hybridized carbons (Fsp3) is 0.867. The molecular formula is C15H26N2O3. The molecule has 0 radical (unpaired) electrons. The molecule has 0 aliphatic carbocycles. The summed E-state index contributed by atoms with van der Waals surface area (Å²) in [5.41, 5.74) is 0. The molecule has 0 aromatic heterocycles. The predicted molar refractivity (Wildman–Crippen MR) is 76.0 cm³/mol. The number of carbonyl (C=O) groups is 2. The number of nitrogens with zero attached hydrogens (tertiary/aromatic N) is 2. The summed E-state index contributed by atoms with van der Waals surface area (Å²) in [6, 6.07) is 0.189. The van der Waals surface area contributed by atoms with Gasteiger partial charge in [-0.15, -0.1) is 0 Å². The van der Waals surface area contributed by atoms with Crippen LogP contribution in [0, 0.1) is 5.92 Å². The number of hydrogen-bond acceptors (Lipinski definition) is 3. The summed E-state index contributed by atoms with van der Waals surface area (Å²) in [6.45, 7) is 3.86. The Kier molecular flexibility index (Phi) is 5.40. The van der Waals surface area contributed by atoms with E-state index in [1.165, 1.54) is 0 Å². The van der Waals surface area contributed by atoms with Gasteiger partial charge in [-0.3, -0.25) is 9.59 Å². The average molecular weight is 282 g/mol. The Balaban J connectivity index is 1.99. The molecule has 2 atom stereocenters. The molecule has 0 saturated carbocycles. The number of piperidine rings is 2. The maximum atomic E-state index is 12.7. The van der Waals surface area contributed by atoms with Crippen LogP contribution >= 0.6 is 0 Å². The first-order valence-electron chi connectivity index (χ1n) is 7.80. The zero-order chi connectivity index (χ0) is 14.5. The number of carbonyl (C=O) groups excluding carboxylic acids is 2. The molecule has 20 heavy (non-hydrogen) atoms. The van der Waals surface area contributed by atoms with Crippen LogP contribution in [0.25, 0.3) is 0 Å². The maximum Gasteiger partial charge on any atom is 0.227 e. The van der Waals surface area contributed by atoms with E-state index in [1.54, 1.807) is 11.8 Å². The van der Waals surface area contributed by atoms with E-state index in [2.05, 4.69) is 0 Å². The van der Waals surface area contributed by atoms with Crippen LogP contribution in [0.5, 0.6) is 0 Å². The van der Waals surface area contributed by atoms with Gasteiger partial charge < -0.3 is 14.9 Å². The van der Waals surface area contributed by atoms with E-state index in [0.717, 1.165) is 45.2 Å². The first kappa shape index (κ1) is 15.3. The molecular weight excluding hydrogens is 256 g/mol. The molecule has 2 aliphatic rings. The average Bonchev–Trinajstić information content (AvgIpc) is 2.47. The fourth-order valence-corrected chi connectivity index (χ4v) is 3.44. The van der Waals surface area contributed by atoms with Crippen molar-refractivity contribution in [3.05, 3.63) is 0 Å². The predicted octanol–water partition coefficient (Wildman–Crippen LogP) is 1.01. The lowest BCUT2D eigenvalue weighted by molar-refractivity contribution is -0.143. The Bertz CT molecular complexity index is 357. The molecule has 0 bridgehead atoms. The van der Waals surface area contributed by atoms with Gasteiger partial charge in [0.05, 0.1) is 5.92 Å². The summed E-state index contributed by atoms with van der Waals surface area (Å²) in [5.74, 6) is 0.203. The third kappa shape index (κ3) is 3.51. The van der Waals surface area contributed by atoms with Gasteiger partial charge in [0.1, 0.15) is 0 Å². The standard InChI is InChI=1S/C15H26N2O3/c1-12(19)16-8-4-5-13(11-16)15(20)17-9-3-2-6-14(17)7-10-18/h13-14,18H,2-11H2,1H3. The molecule has 0 aromatic rings. The van der Waals surface area contributed by atoms with E-state index in [4.69, 9.17) is 5.11 Å². The molecule has 2 rings (SSSR count). The highest BCUT2D eigenvalue weighted by molar-refractivity contribution is 5.81. The van der Waals surface area contributed by atoms with E-state index in [-0.39, 0.29) is 30.4 Å². The van der Waals surface area contributed by atoms with Crippen LogP contribution in [-0.4, -0.2) is 59.0 Å². The SMILES string of the molecule is CC(=O)N1CCCC(C(=O)N2CCCCC2CCO)C1. The number of rotatable bonds is 3. The van der Waals surface area contributed by atoms with Crippen molar-refractivity contribution in [2.75, 3.05) is 26.2 Å². The van der Waals surface area contributed by atoms with Crippen molar-refractivity contribution >= 4 is 11.8 Å². The molecule has 2 heterocycles. The molecule has 1 N–H and O–H groups in total. The van der Waals surface area contributed by atoms with Gasteiger partial charge in [0.15, 0.2) is 0 Å². The smallest absolute Gasteiger partial charge is 0.227 e. The molecule has 0 spiro atoms. The highest BCUT2D eigenvalue weighted by atomic mass is 16.3. The fourth-order valence-electron chi connectivity index (χ4n) is 3.44. The lowest BCUT2D eigenvalue weighted by atomic mass is 9.92. The van der Waals surface area contributed by atoms with E-state index >= 15 is 0 Å². The van der Waals surface area contributed by atoms with Crippen molar-refractivity contribution in [3.8, 4) is 0 Å². The van der Waals surface area contributed by atoms with Crippen LogP contribution in [0.3, 0.4) is 0 Å². The van der Waals surface area contributed by atoms with Gasteiger partial charge in [-0.1, -0.05) is 0 Å². The van der Waals surface area contributed by atoms with Crippen molar-refractivity contribution in [2.45, 2.75) is 51.5 Å². The van der Waals surface area contributed by atoms with Crippen LogP contribution in [0.2, 0.25) is 0 Å². The lowest BCUT2D eigenvalue weighted by Crippen LogP contribution is -2.51. The van der Waals surface area contributed by atoms with Crippen molar-refractivity contribution in [1.82, 2.24) is 9.80 Å². The molecule has 2 saturated heterocycles. The summed E-state index contributed by atoms with van der Waals surface area (Å²) in [6.07, 6.45) is 5.65. The summed E-state index contributed by atoms with van der Waals surface area (Å²) >= 11 is 0. The molecule has 5 heteroatoms. The molecule has 5 nitrogen and oxygen atoms in total. The Labute approximate surface area is 120 Å². The third-order valence-corrected chi connectivity index (χ3v) is 4.59. The summed E-state index contributed by atoms with van der Waals surface area (Å²) in [7, 11) is 0. The Morgan fingerprint density at radius 1 is 1.15 bits per heavy atom. The molecule has 114 valence electrons. The number of hydrogen-bond donors (Lipinski definition) is 1. The first-order chi connectivity index (χ1) is 9.63. The van der Waals surface area contributed by atoms with Crippen molar-refractivity contribution < 1.29 is 14.7 Å². The van der Waals surface area contributed by atoms with Gasteiger partial charge in [-0.05, 0) is 38.5 Å². The number of amides is 2. The van der Waals surface area contributed by atoms with Crippen LogP contribution < -0.4 is 0 Å². The molecule has 2 amide bonds. The highest BCUT2D eigenvalue weighted by Crippen LogP contribution is 2.25. The van der Waals surface area contributed by atoms with E-state index in [9.17, 15) is 9.59 Å². The van der Waals surface area contributed by atoms with E-state index in [1.807, 2.05) is 4.90 Å². The van der Waals surface area contributed by atoms with Crippen molar-refractivity contribution in [1.29, 1.82) is 0 Å². The zero-order valence-electron chi connectivity index (χ0n) is 12.4. The van der Waals surface area contributed by atoms with Gasteiger partial charge in [-0.25, -0.2) is 0 Å². The minimum Gasteiger partial charge on any atom is -0.396 e. The van der Waals surface area contributed by atoms with Crippen LogP contribution in [0.4, 0.5) is 0 Å². The topological polar surface area (TPSA) is 60.9 Å². The van der Waals surface area contributed by atoms with Gasteiger partial charge in [0.25, 0.3) is 0 Å². The summed E-state index contributed by atoms with van der Waals surface area (Å²) in [4.78, 5) is 27.9. The molecule has 2 fully saturated rings. The second-order valence-electron chi connectivity index (χ2n) is 6.00. The minimum absolute atomic E-state index is 0.0491. The van der Waals surface area contributed by atoms with Crippen molar-refractivity contribution in [3.63, 3.8) is 0 Å². The monoisotopic (exact) mass is 282 g/mol. The van der Waals surface area contributed by atoms with Crippen LogP contribution in [0.15, 0.2) is 0 Å². The minimum atomic E-state index is -0.0491. The van der Waals surface area contributed by atoms with Gasteiger partial charge in [0.2, 0.25) is 11.8 Å². The lowest BCUT2D eigenvalue weighted by Gasteiger charge is -2.40. The molecule has 0 aromatic carbocycles. The van der Waals surface area contributed by atoms with Gasteiger partial charge in [-0.2, -0.15) is 0 Å². The van der Waals surface area contributed by atoms with Crippen LogP contribution in [0.1, 0.15) is 45.4 Å². The normalized spacial score (nSPS) is 27.5. The Morgan fingerprint density at radius 2 is 1.95 bits per heavy atom. The first-order valence-corrected chi connectivity index (χ1v) is 7.80. The zero-order valence-corrected chi connectivity index (χ0v) is 12.4. The summed E-state index contributed by atoms with van der Waals surface area (Å²) in [5, 5.41) is 9.15. The largest absolute Gasteiger partial charge is 0.396 e. The maximum absolute atomic E-state index is 12.7. The Morgan fingerprint density at radius 3 is 2.65 bits per heavy atom.